The zero-order chi connectivity index (χ0) is 16.0. The summed E-state index contributed by atoms with van der Waals surface area (Å²) >= 11 is 0. The van der Waals surface area contributed by atoms with E-state index in [1.54, 1.807) is 12.4 Å². The van der Waals surface area contributed by atoms with Crippen molar-refractivity contribution in [2.24, 2.45) is 0 Å². The Morgan fingerprint density at radius 3 is 2.55 bits per heavy atom. The fourth-order valence-corrected chi connectivity index (χ4v) is 1.93. The molecular formula is C17H22N2O3. The molecule has 0 saturated carbocycles. The molecular weight excluding hydrogens is 280 g/mol. The molecule has 118 valence electrons. The van der Waals surface area contributed by atoms with Crippen LogP contribution in [0.4, 0.5) is 0 Å². The summed E-state index contributed by atoms with van der Waals surface area (Å²) in [6, 6.07) is 7.78. The summed E-state index contributed by atoms with van der Waals surface area (Å²) in [5, 5.41) is 6.54. The van der Waals surface area contributed by atoms with Gasteiger partial charge in [0.2, 0.25) is 0 Å². The van der Waals surface area contributed by atoms with E-state index in [1.807, 2.05) is 24.3 Å². The predicted molar refractivity (Wildman–Crippen MR) is 83.9 cm³/mol. The summed E-state index contributed by atoms with van der Waals surface area (Å²) in [4.78, 5) is 11.6. The molecule has 0 unspecified atom stereocenters. The fraction of sp³-hybridized carbons (Fsp3) is 0.412. The Bertz CT molecular complexity index is 583. The Morgan fingerprint density at radius 1 is 1.23 bits per heavy atom. The number of aromatic amines is 1. The maximum absolute atomic E-state index is 11.6. The fourth-order valence-electron chi connectivity index (χ4n) is 1.93. The van der Waals surface area contributed by atoms with Gasteiger partial charge >= 0.3 is 5.97 Å². The van der Waals surface area contributed by atoms with Crippen LogP contribution in [0.2, 0.25) is 0 Å². The second-order valence-corrected chi connectivity index (χ2v) is 6.14. The van der Waals surface area contributed by atoms with Crippen LogP contribution in [0.3, 0.4) is 0 Å². The van der Waals surface area contributed by atoms with Crippen molar-refractivity contribution in [3.63, 3.8) is 0 Å². The van der Waals surface area contributed by atoms with Crippen LogP contribution in [0, 0.1) is 0 Å². The van der Waals surface area contributed by atoms with Crippen molar-refractivity contribution in [1.82, 2.24) is 10.2 Å². The molecule has 0 radical (unpaired) electrons. The molecule has 0 saturated heterocycles. The lowest BCUT2D eigenvalue weighted by Crippen LogP contribution is -2.16. The quantitative estimate of drug-likeness (QED) is 0.833. The van der Waals surface area contributed by atoms with Crippen LogP contribution >= 0.6 is 0 Å². The van der Waals surface area contributed by atoms with Gasteiger partial charge in [-0.05, 0) is 28.7 Å². The number of hydrogen-bond donors (Lipinski definition) is 1. The molecule has 22 heavy (non-hydrogen) atoms. The SMILES string of the molecule is CC(C)(C)c1ccc(OCC(=O)OCCc2cn[nH]c2)cc1. The summed E-state index contributed by atoms with van der Waals surface area (Å²) in [6.07, 6.45) is 4.13. The lowest BCUT2D eigenvalue weighted by molar-refractivity contribution is -0.145. The normalized spacial score (nSPS) is 11.2. The summed E-state index contributed by atoms with van der Waals surface area (Å²) in [6.45, 7) is 6.70. The molecule has 0 aliphatic rings. The Labute approximate surface area is 130 Å². The highest BCUT2D eigenvalue weighted by atomic mass is 16.6. The molecule has 0 aliphatic carbocycles. The first-order valence-corrected chi connectivity index (χ1v) is 7.32. The Hall–Kier alpha value is -2.30. The topological polar surface area (TPSA) is 64.2 Å². The number of H-pyrrole nitrogens is 1. The summed E-state index contributed by atoms with van der Waals surface area (Å²) in [7, 11) is 0. The molecule has 1 N–H and O–H groups in total. The second-order valence-electron chi connectivity index (χ2n) is 6.14. The number of carbonyl (C=O) groups excluding carboxylic acids is 1. The van der Waals surface area contributed by atoms with Crippen LogP contribution in [-0.4, -0.2) is 29.4 Å². The van der Waals surface area contributed by atoms with Gasteiger partial charge in [0, 0.05) is 12.6 Å². The van der Waals surface area contributed by atoms with E-state index in [9.17, 15) is 4.79 Å². The minimum absolute atomic E-state index is 0.0831. The lowest BCUT2D eigenvalue weighted by atomic mass is 9.87. The monoisotopic (exact) mass is 302 g/mol. The van der Waals surface area contributed by atoms with Crippen molar-refractivity contribution in [2.75, 3.05) is 13.2 Å². The van der Waals surface area contributed by atoms with Gasteiger partial charge in [0.25, 0.3) is 0 Å². The molecule has 1 heterocycles. The van der Waals surface area contributed by atoms with E-state index in [0.29, 0.717) is 18.8 Å². The van der Waals surface area contributed by atoms with E-state index in [2.05, 4.69) is 31.0 Å². The minimum Gasteiger partial charge on any atom is -0.482 e. The summed E-state index contributed by atoms with van der Waals surface area (Å²) < 4.78 is 10.5. The van der Waals surface area contributed by atoms with Crippen molar-refractivity contribution in [2.45, 2.75) is 32.6 Å². The number of hydrogen-bond acceptors (Lipinski definition) is 4. The molecule has 0 amide bonds. The van der Waals surface area contributed by atoms with Crippen LogP contribution in [0.25, 0.3) is 0 Å². The molecule has 2 aromatic rings. The number of rotatable bonds is 6. The van der Waals surface area contributed by atoms with E-state index < -0.39 is 0 Å². The number of nitrogens with one attached hydrogen (secondary N) is 1. The number of esters is 1. The van der Waals surface area contributed by atoms with Crippen molar-refractivity contribution in [3.05, 3.63) is 47.8 Å². The molecule has 5 heteroatoms. The van der Waals surface area contributed by atoms with Crippen molar-refractivity contribution in [3.8, 4) is 5.75 Å². The maximum atomic E-state index is 11.6. The highest BCUT2D eigenvalue weighted by Gasteiger charge is 2.13. The van der Waals surface area contributed by atoms with Crippen molar-refractivity contribution in [1.29, 1.82) is 0 Å². The van der Waals surface area contributed by atoms with Crippen LogP contribution in [0.15, 0.2) is 36.7 Å². The van der Waals surface area contributed by atoms with Crippen LogP contribution in [-0.2, 0) is 21.4 Å². The first kappa shape index (κ1) is 16.1. The molecule has 2 rings (SSSR count). The Balaban J connectivity index is 1.71. The van der Waals surface area contributed by atoms with Crippen molar-refractivity contribution < 1.29 is 14.3 Å². The largest absolute Gasteiger partial charge is 0.482 e. The third-order valence-electron chi connectivity index (χ3n) is 3.29. The molecule has 1 aromatic carbocycles. The van der Waals surface area contributed by atoms with Gasteiger partial charge in [0.1, 0.15) is 5.75 Å². The molecule has 0 atom stereocenters. The second kappa shape index (κ2) is 7.11. The number of benzene rings is 1. The zero-order valence-corrected chi connectivity index (χ0v) is 13.3. The van der Waals surface area contributed by atoms with Gasteiger partial charge in [-0.15, -0.1) is 0 Å². The van der Waals surface area contributed by atoms with Crippen LogP contribution in [0.5, 0.6) is 5.75 Å². The van der Waals surface area contributed by atoms with Gasteiger partial charge in [-0.25, -0.2) is 4.79 Å². The van der Waals surface area contributed by atoms with Gasteiger partial charge < -0.3 is 9.47 Å². The molecule has 1 aromatic heterocycles. The lowest BCUT2D eigenvalue weighted by Gasteiger charge is -2.19. The van der Waals surface area contributed by atoms with E-state index >= 15 is 0 Å². The molecule has 0 aliphatic heterocycles. The molecule has 0 fully saturated rings. The van der Waals surface area contributed by atoms with Crippen LogP contribution < -0.4 is 4.74 Å². The van der Waals surface area contributed by atoms with E-state index in [1.165, 1.54) is 5.56 Å². The number of carbonyl (C=O) groups is 1. The molecule has 0 spiro atoms. The standard InChI is InChI=1S/C17H22N2O3/c1-17(2,3)14-4-6-15(7-5-14)22-12-16(20)21-9-8-13-10-18-19-11-13/h4-7,10-11H,8-9,12H2,1-3H3,(H,18,19). The average molecular weight is 302 g/mol. The van der Waals surface area contributed by atoms with Gasteiger partial charge in [-0.1, -0.05) is 32.9 Å². The smallest absolute Gasteiger partial charge is 0.344 e. The molecule has 0 bridgehead atoms. The van der Waals surface area contributed by atoms with E-state index in [0.717, 1.165) is 5.56 Å². The Kier molecular flexibility index (Phi) is 5.20. The third kappa shape index (κ3) is 4.91. The zero-order valence-electron chi connectivity index (χ0n) is 13.3. The summed E-state index contributed by atoms with van der Waals surface area (Å²) in [5.74, 6) is 0.295. The van der Waals surface area contributed by atoms with Crippen molar-refractivity contribution >= 4 is 5.97 Å². The van der Waals surface area contributed by atoms with Gasteiger partial charge in [-0.3, -0.25) is 5.10 Å². The van der Waals surface area contributed by atoms with Crippen LogP contribution in [0.1, 0.15) is 31.9 Å². The Morgan fingerprint density at radius 2 is 1.95 bits per heavy atom. The highest BCUT2D eigenvalue weighted by molar-refractivity contribution is 5.71. The van der Waals surface area contributed by atoms with E-state index in [4.69, 9.17) is 9.47 Å². The summed E-state index contributed by atoms with van der Waals surface area (Å²) in [5.41, 5.74) is 2.33. The van der Waals surface area contributed by atoms with Gasteiger partial charge in [0.05, 0.1) is 12.8 Å². The number of aromatic nitrogens is 2. The number of ether oxygens (including phenoxy) is 2. The highest BCUT2D eigenvalue weighted by Crippen LogP contribution is 2.24. The molecule has 5 nitrogen and oxygen atoms in total. The third-order valence-corrected chi connectivity index (χ3v) is 3.29. The number of nitrogens with zero attached hydrogens (tertiary/aromatic N) is 1. The average Bonchev–Trinajstić information content (AvgIpc) is 2.98. The maximum Gasteiger partial charge on any atom is 0.344 e. The van der Waals surface area contributed by atoms with Gasteiger partial charge in [-0.2, -0.15) is 5.10 Å². The van der Waals surface area contributed by atoms with Gasteiger partial charge in [0.15, 0.2) is 6.61 Å². The van der Waals surface area contributed by atoms with E-state index in [-0.39, 0.29) is 18.0 Å². The minimum atomic E-state index is -0.372. The first-order valence-electron chi connectivity index (χ1n) is 7.32. The first-order chi connectivity index (χ1) is 10.4. The predicted octanol–water partition coefficient (Wildman–Crippen LogP) is 2.87.